The fourth-order valence-electron chi connectivity index (χ4n) is 1.22. The highest BCUT2D eigenvalue weighted by Crippen LogP contribution is 2.12. The molecule has 1 aromatic carbocycles. The van der Waals surface area contributed by atoms with E-state index in [-0.39, 0.29) is 17.9 Å². The number of nitrogens with zero attached hydrogens (tertiary/aromatic N) is 1. The quantitative estimate of drug-likeness (QED) is 0.616. The van der Waals surface area contributed by atoms with E-state index in [9.17, 15) is 0 Å². The molecule has 1 aromatic rings. The number of hydrogen-bond acceptors (Lipinski definition) is 1. The minimum absolute atomic E-state index is 0. The van der Waals surface area contributed by atoms with E-state index in [1.807, 2.05) is 37.3 Å². The van der Waals surface area contributed by atoms with Crippen LogP contribution in [0, 0.1) is 0 Å². The van der Waals surface area contributed by atoms with Crippen molar-refractivity contribution in [2.75, 3.05) is 5.32 Å². The van der Waals surface area contributed by atoms with Gasteiger partial charge in [0.25, 0.3) is 0 Å². The molecule has 0 saturated heterocycles. The van der Waals surface area contributed by atoms with Crippen molar-refractivity contribution in [3.05, 3.63) is 42.5 Å². The molecule has 0 fully saturated rings. The molecule has 0 aliphatic heterocycles. The zero-order chi connectivity index (χ0) is 12.2. The van der Waals surface area contributed by atoms with Crippen LogP contribution in [0.3, 0.4) is 0 Å². The predicted octanol–water partition coefficient (Wildman–Crippen LogP) is 4.29. The Morgan fingerprint density at radius 2 is 1.71 bits per heavy atom. The minimum atomic E-state index is -0.101. The fourth-order valence-corrected chi connectivity index (χ4v) is 1.22. The summed E-state index contributed by atoms with van der Waals surface area (Å²) in [4.78, 5) is 4.61. The topological polar surface area (TPSA) is 24.4 Å². The number of halogens is 1. The Balaban J connectivity index is 0.00000256. The van der Waals surface area contributed by atoms with Gasteiger partial charge in [-0.1, -0.05) is 24.8 Å². The summed E-state index contributed by atoms with van der Waals surface area (Å²) >= 11 is 0. The van der Waals surface area contributed by atoms with Crippen LogP contribution in [0.5, 0.6) is 0 Å². The van der Waals surface area contributed by atoms with Gasteiger partial charge in [0, 0.05) is 5.69 Å². The van der Waals surface area contributed by atoms with Crippen LogP contribution in [-0.2, 0) is 0 Å². The second kappa shape index (κ2) is 6.45. The smallest absolute Gasteiger partial charge is 0.128 e. The molecule has 0 aliphatic carbocycles. The van der Waals surface area contributed by atoms with Gasteiger partial charge in [-0.15, -0.1) is 12.4 Å². The third-order valence-electron chi connectivity index (χ3n) is 1.89. The van der Waals surface area contributed by atoms with Crippen molar-refractivity contribution in [1.29, 1.82) is 0 Å². The molecule has 0 spiro atoms. The van der Waals surface area contributed by atoms with Crippen LogP contribution in [0.15, 0.2) is 47.5 Å². The second-order valence-corrected chi connectivity index (χ2v) is 4.90. The van der Waals surface area contributed by atoms with Gasteiger partial charge >= 0.3 is 0 Å². The fraction of sp³-hybridized carbons (Fsp3) is 0.357. The molecule has 2 nitrogen and oxygen atoms in total. The third-order valence-corrected chi connectivity index (χ3v) is 1.89. The molecule has 3 heteroatoms. The zero-order valence-electron chi connectivity index (χ0n) is 10.9. The first kappa shape index (κ1) is 15.7. The summed E-state index contributed by atoms with van der Waals surface area (Å²) in [7, 11) is 0. The van der Waals surface area contributed by atoms with Crippen molar-refractivity contribution in [2.24, 2.45) is 4.99 Å². The van der Waals surface area contributed by atoms with Gasteiger partial charge in [-0.25, -0.2) is 0 Å². The Morgan fingerprint density at radius 1 is 1.18 bits per heavy atom. The normalized spacial score (nSPS) is 11.6. The Morgan fingerprint density at radius 3 is 2.12 bits per heavy atom. The standard InChI is InChI=1S/C14H20N2.ClH/c1-11(2)13(16-14(3,4)5)15-12-9-7-6-8-10-12;/h6-10H,1H2,2-5H3,(H,15,16);1H. The maximum Gasteiger partial charge on any atom is 0.128 e. The summed E-state index contributed by atoms with van der Waals surface area (Å²) in [6.45, 7) is 12.1. The monoisotopic (exact) mass is 252 g/mol. The zero-order valence-corrected chi connectivity index (χ0v) is 11.8. The molecule has 0 heterocycles. The molecule has 0 radical (unpaired) electrons. The lowest BCUT2D eigenvalue weighted by Crippen LogP contribution is -2.20. The molecule has 0 aromatic heterocycles. The molecule has 0 bridgehead atoms. The van der Waals surface area contributed by atoms with E-state index in [2.05, 4.69) is 37.7 Å². The summed E-state index contributed by atoms with van der Waals surface area (Å²) in [5.41, 5.74) is 1.88. The first-order valence-electron chi connectivity index (χ1n) is 5.46. The highest BCUT2D eigenvalue weighted by Gasteiger charge is 2.10. The van der Waals surface area contributed by atoms with E-state index in [0.717, 1.165) is 17.1 Å². The lowest BCUT2D eigenvalue weighted by Gasteiger charge is -2.17. The molecule has 17 heavy (non-hydrogen) atoms. The molecule has 1 rings (SSSR count). The number of amidine groups is 1. The van der Waals surface area contributed by atoms with E-state index in [4.69, 9.17) is 0 Å². The Kier molecular flexibility index (Phi) is 5.97. The number of aliphatic imine (C=N–C) groups is 1. The lowest BCUT2D eigenvalue weighted by atomic mass is 10.1. The van der Waals surface area contributed by atoms with Crippen LogP contribution in [-0.4, -0.2) is 11.4 Å². The SMILES string of the molecule is C=C(C)C(=NC(C)(C)C)Nc1ccccc1.Cl. The summed E-state index contributed by atoms with van der Waals surface area (Å²) in [5.74, 6) is 0.846. The summed E-state index contributed by atoms with van der Waals surface area (Å²) in [6, 6.07) is 10.0. The first-order chi connectivity index (χ1) is 7.38. The molecule has 0 aliphatic rings. The van der Waals surface area contributed by atoms with Crippen LogP contribution < -0.4 is 5.32 Å². The molecule has 0 unspecified atom stereocenters. The number of rotatable bonds is 2. The summed E-state index contributed by atoms with van der Waals surface area (Å²) in [5, 5.41) is 3.29. The predicted molar refractivity (Wildman–Crippen MR) is 79.3 cm³/mol. The van der Waals surface area contributed by atoms with Crippen LogP contribution in [0.25, 0.3) is 0 Å². The van der Waals surface area contributed by atoms with Gasteiger partial charge in [-0.3, -0.25) is 4.99 Å². The molecule has 1 N–H and O–H groups in total. The van der Waals surface area contributed by atoms with Gasteiger partial charge in [0.1, 0.15) is 5.84 Å². The van der Waals surface area contributed by atoms with Crippen LogP contribution in [0.1, 0.15) is 27.7 Å². The molecule has 0 amide bonds. The van der Waals surface area contributed by atoms with Crippen LogP contribution in [0.2, 0.25) is 0 Å². The van der Waals surface area contributed by atoms with Crippen molar-refractivity contribution in [3.63, 3.8) is 0 Å². The number of anilines is 1. The number of benzene rings is 1. The molecule has 94 valence electrons. The largest absolute Gasteiger partial charge is 0.340 e. The number of para-hydroxylation sites is 1. The van der Waals surface area contributed by atoms with E-state index in [0.29, 0.717) is 0 Å². The Labute approximate surface area is 110 Å². The van der Waals surface area contributed by atoms with Crippen molar-refractivity contribution < 1.29 is 0 Å². The van der Waals surface area contributed by atoms with Crippen LogP contribution >= 0.6 is 12.4 Å². The van der Waals surface area contributed by atoms with E-state index >= 15 is 0 Å². The molecular weight excluding hydrogens is 232 g/mol. The van der Waals surface area contributed by atoms with Crippen molar-refractivity contribution >= 4 is 23.9 Å². The highest BCUT2D eigenvalue weighted by molar-refractivity contribution is 6.07. The minimum Gasteiger partial charge on any atom is -0.340 e. The van der Waals surface area contributed by atoms with Crippen LogP contribution in [0.4, 0.5) is 5.69 Å². The van der Waals surface area contributed by atoms with Crippen molar-refractivity contribution in [2.45, 2.75) is 33.2 Å². The van der Waals surface area contributed by atoms with Gasteiger partial charge in [0.15, 0.2) is 0 Å². The maximum absolute atomic E-state index is 4.61. The van der Waals surface area contributed by atoms with Gasteiger partial charge in [-0.2, -0.15) is 0 Å². The lowest BCUT2D eigenvalue weighted by molar-refractivity contribution is 0.584. The maximum atomic E-state index is 4.61. The second-order valence-electron chi connectivity index (χ2n) is 4.90. The average Bonchev–Trinajstić information content (AvgIpc) is 2.16. The highest BCUT2D eigenvalue weighted by atomic mass is 35.5. The van der Waals surface area contributed by atoms with Gasteiger partial charge in [-0.05, 0) is 45.4 Å². The van der Waals surface area contributed by atoms with E-state index < -0.39 is 0 Å². The average molecular weight is 253 g/mol. The van der Waals surface area contributed by atoms with Gasteiger partial charge in [0.05, 0.1) is 5.54 Å². The molecular formula is C14H21ClN2. The molecule has 0 atom stereocenters. The van der Waals surface area contributed by atoms with Gasteiger partial charge < -0.3 is 5.32 Å². The van der Waals surface area contributed by atoms with Gasteiger partial charge in [0.2, 0.25) is 0 Å². The molecule has 0 saturated carbocycles. The third kappa shape index (κ3) is 6.12. The number of nitrogens with one attached hydrogen (secondary N) is 1. The van der Waals surface area contributed by atoms with E-state index in [1.165, 1.54) is 0 Å². The Hall–Kier alpha value is -1.28. The van der Waals surface area contributed by atoms with Crippen molar-refractivity contribution in [1.82, 2.24) is 0 Å². The Bertz CT molecular complexity index is 388. The first-order valence-corrected chi connectivity index (χ1v) is 5.46. The summed E-state index contributed by atoms with van der Waals surface area (Å²) in [6.07, 6.45) is 0. The van der Waals surface area contributed by atoms with E-state index in [1.54, 1.807) is 0 Å². The van der Waals surface area contributed by atoms with Crippen molar-refractivity contribution in [3.8, 4) is 0 Å². The number of hydrogen-bond donors (Lipinski definition) is 1. The summed E-state index contributed by atoms with van der Waals surface area (Å²) < 4.78 is 0.